The number of imidazole rings is 1. The molecule has 7 aromatic carbocycles. The summed E-state index contributed by atoms with van der Waals surface area (Å²) in [4.78, 5) is 4.89. The van der Waals surface area contributed by atoms with Crippen LogP contribution in [0.3, 0.4) is 0 Å². The number of nitrogens with zero attached hydrogens (tertiary/aromatic N) is 4. The smallest absolute Gasteiger partial charge is 0.269 e. The Labute approximate surface area is 429 Å². The van der Waals surface area contributed by atoms with Gasteiger partial charge >= 0.3 is 0 Å². The van der Waals surface area contributed by atoms with Gasteiger partial charge in [-0.15, -0.1) is 0 Å². The van der Waals surface area contributed by atoms with Crippen molar-refractivity contribution in [2.75, 3.05) is 0 Å². The second-order valence-electron chi connectivity index (χ2n) is 23.2. The summed E-state index contributed by atoms with van der Waals surface area (Å²) in [5.41, 5.74) is 11.8. The fourth-order valence-electron chi connectivity index (χ4n) is 9.83. The quantitative estimate of drug-likeness (QED) is 0.118. The van der Waals surface area contributed by atoms with Crippen LogP contribution >= 0.6 is 0 Å². The summed E-state index contributed by atoms with van der Waals surface area (Å²) in [5.74, 6) is 2.04. The lowest BCUT2D eigenvalue weighted by Gasteiger charge is -2.30. The summed E-state index contributed by atoms with van der Waals surface area (Å²) in [6.07, 6.45) is 5.71. The first-order valence-corrected chi connectivity index (χ1v) is 24.7. The molecule has 0 saturated heterocycles. The summed E-state index contributed by atoms with van der Waals surface area (Å²) in [5, 5.41) is 2.19. The molecule has 10 aromatic rings. The van der Waals surface area contributed by atoms with Gasteiger partial charge < -0.3 is 4.74 Å². The Kier molecular flexibility index (Phi) is 9.84. The molecule has 0 unspecified atom stereocenters. The lowest BCUT2D eigenvalue weighted by Crippen LogP contribution is -2.35. The van der Waals surface area contributed by atoms with Crippen LogP contribution in [0.15, 0.2) is 158 Å². The first-order chi connectivity index (χ1) is 36.0. The molecule has 0 spiro atoms. The van der Waals surface area contributed by atoms with Crippen molar-refractivity contribution in [3.05, 3.63) is 198 Å². The van der Waals surface area contributed by atoms with Gasteiger partial charge in [-0.1, -0.05) is 174 Å². The Balaban J connectivity index is 1.22. The molecule has 3 aromatic heterocycles. The number of ether oxygens (including phenoxy) is 1. The summed E-state index contributed by atoms with van der Waals surface area (Å²) in [6, 6.07) is 50.4. The van der Waals surface area contributed by atoms with Gasteiger partial charge in [0.1, 0.15) is 17.3 Å². The minimum Gasteiger partial charge on any atom is -0.458 e. The van der Waals surface area contributed by atoms with Gasteiger partial charge in [-0.2, -0.15) is 0 Å². The van der Waals surface area contributed by atoms with Crippen LogP contribution in [-0.4, -0.2) is 14.1 Å². The molecule has 0 N–H and O–H groups in total. The van der Waals surface area contributed by atoms with E-state index in [9.17, 15) is 0 Å². The number of aromatic nitrogens is 4. The highest BCUT2D eigenvalue weighted by molar-refractivity contribution is 6.09. The van der Waals surface area contributed by atoms with Gasteiger partial charge in [0.25, 0.3) is 6.33 Å². The number of benzene rings is 7. The van der Waals surface area contributed by atoms with Gasteiger partial charge in [0.05, 0.1) is 33.4 Å². The zero-order valence-corrected chi connectivity index (χ0v) is 43.2. The molecule has 0 radical (unpaired) electrons. The number of hydrogen-bond acceptors (Lipinski definition) is 2. The van der Waals surface area contributed by atoms with E-state index in [2.05, 4.69) is 183 Å². The molecule has 0 aliphatic rings. The van der Waals surface area contributed by atoms with Crippen molar-refractivity contribution >= 4 is 32.8 Å². The molecule has 0 aliphatic heterocycles. The number of fused-ring (bicyclic) bond motifs is 4. The highest BCUT2D eigenvalue weighted by Crippen LogP contribution is 2.42. The average Bonchev–Trinajstić information content (AvgIpc) is 3.97. The minimum absolute atomic E-state index is 0.0293. The molecule has 10 rings (SSSR count). The van der Waals surface area contributed by atoms with Crippen molar-refractivity contribution in [1.29, 1.82) is 0 Å². The van der Waals surface area contributed by atoms with E-state index in [0.29, 0.717) is 22.6 Å². The van der Waals surface area contributed by atoms with Gasteiger partial charge in [-0.05, 0) is 146 Å². The molecular formula is C66H68N4O. The SMILES string of the molecule is [2H]C([2H])([2H])c1cccc(C([2H])([2H])[2H])c1-c1ccc2c(c1)n(-c1cccc(Oc3ccc4c5ccccc5n(-c5cc(C(C)(C)C)ccn5)c4c3)c1)[c-][n+]2-c1c(-c2cccc(C(C)(C)C)c2)cc(C(C)(C)C)cc1C(C)(C)C. The van der Waals surface area contributed by atoms with Crippen LogP contribution in [0.4, 0.5) is 0 Å². The lowest BCUT2D eigenvalue weighted by atomic mass is 9.77. The lowest BCUT2D eigenvalue weighted by molar-refractivity contribution is -0.572. The minimum atomic E-state index is -2.59. The molecule has 0 saturated carbocycles. The number of hydrogen-bond donors (Lipinski definition) is 0. The van der Waals surface area contributed by atoms with Crippen LogP contribution < -0.4 is 9.30 Å². The molecule has 0 atom stereocenters. The Hall–Kier alpha value is -7.24. The van der Waals surface area contributed by atoms with E-state index >= 15 is 0 Å². The molecule has 0 aliphatic carbocycles. The van der Waals surface area contributed by atoms with E-state index in [4.69, 9.17) is 17.9 Å². The zero-order chi connectivity index (χ0) is 55.4. The molecular weight excluding hydrogens is 865 g/mol. The molecule has 0 bridgehead atoms. The zero-order valence-electron chi connectivity index (χ0n) is 49.2. The number of para-hydroxylation sites is 1. The van der Waals surface area contributed by atoms with E-state index in [1.165, 1.54) is 34.9 Å². The molecule has 0 amide bonds. The average molecular weight is 939 g/mol. The fourth-order valence-corrected chi connectivity index (χ4v) is 9.83. The Morgan fingerprint density at radius 2 is 1.20 bits per heavy atom. The fraction of sp³-hybridized carbons (Fsp3) is 0.273. The maximum absolute atomic E-state index is 8.61. The molecule has 71 heavy (non-hydrogen) atoms. The second kappa shape index (κ2) is 17.3. The third-order valence-electron chi connectivity index (χ3n) is 13.9. The predicted molar refractivity (Wildman–Crippen MR) is 297 cm³/mol. The summed E-state index contributed by atoms with van der Waals surface area (Å²) in [6.45, 7) is 21.6. The Bertz CT molecular complexity index is 3890. The third kappa shape index (κ3) is 8.85. The van der Waals surface area contributed by atoms with E-state index in [1.807, 2.05) is 59.3 Å². The monoisotopic (exact) mass is 939 g/mol. The Morgan fingerprint density at radius 1 is 0.521 bits per heavy atom. The normalized spacial score (nSPS) is 14.3. The van der Waals surface area contributed by atoms with Gasteiger partial charge in [0.2, 0.25) is 0 Å². The van der Waals surface area contributed by atoms with Gasteiger partial charge in [-0.3, -0.25) is 13.7 Å². The van der Waals surface area contributed by atoms with E-state index < -0.39 is 13.7 Å². The second-order valence-corrected chi connectivity index (χ2v) is 23.2. The van der Waals surface area contributed by atoms with Crippen molar-refractivity contribution < 1.29 is 17.5 Å². The predicted octanol–water partition coefficient (Wildman–Crippen LogP) is 17.1. The molecule has 3 heterocycles. The maximum atomic E-state index is 8.61. The first kappa shape index (κ1) is 40.5. The Morgan fingerprint density at radius 3 is 1.92 bits per heavy atom. The number of rotatable bonds is 7. The van der Waals surface area contributed by atoms with Crippen LogP contribution in [0.1, 0.15) is 125 Å². The number of aryl methyl sites for hydroxylation is 2. The largest absolute Gasteiger partial charge is 0.458 e. The number of pyridine rings is 1. The summed E-state index contributed by atoms with van der Waals surface area (Å²) in [7, 11) is 0. The summed E-state index contributed by atoms with van der Waals surface area (Å²) < 4.78 is 64.8. The highest BCUT2D eigenvalue weighted by atomic mass is 16.5. The van der Waals surface area contributed by atoms with Crippen LogP contribution in [0.5, 0.6) is 11.5 Å². The molecule has 358 valence electrons. The van der Waals surface area contributed by atoms with Crippen LogP contribution in [0.2, 0.25) is 0 Å². The van der Waals surface area contributed by atoms with Crippen LogP contribution in [0, 0.1) is 20.0 Å². The van der Waals surface area contributed by atoms with Crippen molar-refractivity contribution in [2.24, 2.45) is 0 Å². The van der Waals surface area contributed by atoms with Gasteiger partial charge in [0.15, 0.2) is 0 Å². The first-order valence-electron chi connectivity index (χ1n) is 27.7. The van der Waals surface area contributed by atoms with E-state index in [0.717, 1.165) is 61.2 Å². The highest BCUT2D eigenvalue weighted by Gasteiger charge is 2.29. The van der Waals surface area contributed by atoms with Gasteiger partial charge in [-0.25, -0.2) is 4.98 Å². The summed E-state index contributed by atoms with van der Waals surface area (Å²) >= 11 is 0. The van der Waals surface area contributed by atoms with Crippen LogP contribution in [0.25, 0.3) is 72.3 Å². The maximum Gasteiger partial charge on any atom is 0.269 e. The van der Waals surface area contributed by atoms with Gasteiger partial charge in [0, 0.05) is 31.3 Å². The van der Waals surface area contributed by atoms with E-state index in [1.54, 1.807) is 0 Å². The van der Waals surface area contributed by atoms with Crippen molar-refractivity contribution in [2.45, 2.75) is 118 Å². The molecule has 5 nitrogen and oxygen atoms in total. The molecule has 5 heteroatoms. The standard InChI is InChI=1S/C66H68N4O/c1-42-20-17-21-43(2)61(42)45-28-31-57-59(35-45)68(41-69(57)62-54(44-22-18-23-46(34-44)63(3,4)5)36-48(65(9,10)11)37-55(62)66(12,13)14)49-24-19-25-50(39-49)71-51-29-30-53-52-26-15-16-27-56(52)70(58(53)40-51)60-38-47(32-33-67-60)64(6,7)8/h15-40H,1-14H3/i1D3,2D3. The molecule has 0 fully saturated rings. The van der Waals surface area contributed by atoms with Crippen molar-refractivity contribution in [3.8, 4) is 50.9 Å². The van der Waals surface area contributed by atoms with Crippen molar-refractivity contribution in [3.63, 3.8) is 0 Å². The van der Waals surface area contributed by atoms with Crippen molar-refractivity contribution in [1.82, 2.24) is 14.1 Å². The third-order valence-corrected chi connectivity index (χ3v) is 13.9. The van der Waals surface area contributed by atoms with Crippen LogP contribution in [-0.2, 0) is 21.7 Å². The van der Waals surface area contributed by atoms with E-state index in [-0.39, 0.29) is 38.4 Å². The topological polar surface area (TPSA) is 35.9 Å².